The molecule has 1 aliphatic heterocycles. The Balaban J connectivity index is 1.53. The second kappa shape index (κ2) is 7.51. The number of aromatic hydroxyl groups is 1. The molecule has 1 unspecified atom stereocenters. The number of nitrogens with zero attached hydrogens (tertiary/aromatic N) is 4. The summed E-state index contributed by atoms with van der Waals surface area (Å²) in [7, 11) is 0. The minimum atomic E-state index is -0.593. The number of hydrogen-bond donors (Lipinski definition) is 3. The molecule has 2 amide bonds. The minimum Gasteiger partial charge on any atom is -0.505 e. The maximum atomic E-state index is 12.2. The van der Waals surface area contributed by atoms with Crippen molar-refractivity contribution in [1.29, 1.82) is 0 Å². The lowest BCUT2D eigenvalue weighted by atomic mass is 10.1. The second-order valence-corrected chi connectivity index (χ2v) is 6.60. The van der Waals surface area contributed by atoms with Gasteiger partial charge in [0.05, 0.1) is 6.54 Å². The number of nitrogens with one attached hydrogen (secondary N) is 2. The van der Waals surface area contributed by atoms with Crippen molar-refractivity contribution in [3.8, 4) is 5.75 Å². The van der Waals surface area contributed by atoms with Gasteiger partial charge in [0.25, 0.3) is 5.91 Å². The number of amides is 2. The van der Waals surface area contributed by atoms with Crippen LogP contribution < -0.4 is 10.6 Å². The summed E-state index contributed by atoms with van der Waals surface area (Å²) in [5, 5.41) is 23.4. The van der Waals surface area contributed by atoms with Crippen molar-refractivity contribution in [2.24, 2.45) is 0 Å². The molecular weight excluding hydrogens is 336 g/mol. The van der Waals surface area contributed by atoms with Crippen LogP contribution in [0.3, 0.4) is 0 Å². The van der Waals surface area contributed by atoms with Gasteiger partial charge in [-0.1, -0.05) is 13.8 Å². The first-order valence-electron chi connectivity index (χ1n) is 8.59. The van der Waals surface area contributed by atoms with Gasteiger partial charge >= 0.3 is 0 Å². The Morgan fingerprint density at radius 3 is 2.92 bits per heavy atom. The zero-order valence-corrected chi connectivity index (χ0v) is 14.8. The Bertz CT molecular complexity index is 817. The first-order chi connectivity index (χ1) is 12.5. The zero-order chi connectivity index (χ0) is 18.7. The fraction of sp³-hybridized carbons (Fsp3) is 0.471. The van der Waals surface area contributed by atoms with Gasteiger partial charge in [-0.3, -0.25) is 9.59 Å². The van der Waals surface area contributed by atoms with Crippen molar-refractivity contribution in [1.82, 2.24) is 30.4 Å². The topological polar surface area (TPSA) is 122 Å². The number of carbonyl (C=O) groups excluding carboxylic acids is 2. The zero-order valence-electron chi connectivity index (χ0n) is 14.8. The van der Waals surface area contributed by atoms with E-state index in [9.17, 15) is 14.7 Å². The van der Waals surface area contributed by atoms with E-state index in [0.29, 0.717) is 6.54 Å². The van der Waals surface area contributed by atoms with Crippen molar-refractivity contribution in [2.45, 2.75) is 45.2 Å². The van der Waals surface area contributed by atoms with Crippen molar-refractivity contribution in [3.63, 3.8) is 0 Å². The van der Waals surface area contributed by atoms with E-state index >= 15 is 0 Å². The maximum absolute atomic E-state index is 12.2. The lowest BCUT2D eigenvalue weighted by Crippen LogP contribution is -2.45. The molecule has 138 valence electrons. The number of rotatable bonds is 5. The molecule has 3 rings (SSSR count). The Kier molecular flexibility index (Phi) is 5.15. The highest BCUT2D eigenvalue weighted by atomic mass is 16.3. The van der Waals surface area contributed by atoms with E-state index in [1.165, 1.54) is 18.3 Å². The van der Waals surface area contributed by atoms with Crippen LogP contribution >= 0.6 is 0 Å². The number of aryl methyl sites for hydroxylation is 1. The van der Waals surface area contributed by atoms with Crippen LogP contribution in [0.15, 0.2) is 18.3 Å². The van der Waals surface area contributed by atoms with Crippen LogP contribution in [0.25, 0.3) is 0 Å². The molecule has 0 fully saturated rings. The van der Waals surface area contributed by atoms with Crippen LogP contribution in [0, 0.1) is 0 Å². The van der Waals surface area contributed by atoms with Gasteiger partial charge < -0.3 is 20.3 Å². The maximum Gasteiger partial charge on any atom is 0.274 e. The van der Waals surface area contributed by atoms with Gasteiger partial charge in [-0.05, 0) is 18.6 Å². The van der Waals surface area contributed by atoms with Crippen molar-refractivity contribution >= 4 is 11.8 Å². The van der Waals surface area contributed by atoms with Crippen molar-refractivity contribution in [3.05, 3.63) is 35.7 Å². The average molecular weight is 358 g/mol. The first-order valence-corrected chi connectivity index (χ1v) is 8.59. The van der Waals surface area contributed by atoms with E-state index in [1.54, 1.807) is 0 Å². The van der Waals surface area contributed by atoms with Gasteiger partial charge in [0.1, 0.15) is 17.4 Å². The molecule has 2 aromatic rings. The summed E-state index contributed by atoms with van der Waals surface area (Å²) in [5.41, 5.74) is -0.103. The van der Waals surface area contributed by atoms with Gasteiger partial charge in [-0.15, -0.1) is 10.2 Å². The fourth-order valence-electron chi connectivity index (χ4n) is 2.99. The Labute approximate surface area is 150 Å². The highest BCUT2D eigenvalue weighted by Gasteiger charge is 2.25. The minimum absolute atomic E-state index is 0.0383. The highest BCUT2D eigenvalue weighted by molar-refractivity contribution is 5.96. The highest BCUT2D eigenvalue weighted by Crippen LogP contribution is 2.20. The Morgan fingerprint density at radius 2 is 2.19 bits per heavy atom. The Hall–Kier alpha value is -2.97. The quantitative estimate of drug-likeness (QED) is 0.709. The van der Waals surface area contributed by atoms with Crippen LogP contribution in [0.2, 0.25) is 0 Å². The molecule has 0 saturated heterocycles. The predicted molar refractivity (Wildman–Crippen MR) is 92.6 cm³/mol. The molecule has 9 nitrogen and oxygen atoms in total. The van der Waals surface area contributed by atoms with Crippen LogP contribution in [-0.2, 0) is 17.8 Å². The third kappa shape index (κ3) is 3.81. The van der Waals surface area contributed by atoms with Crippen molar-refractivity contribution < 1.29 is 14.7 Å². The summed E-state index contributed by atoms with van der Waals surface area (Å²) in [6.07, 6.45) is 2.93. The van der Waals surface area contributed by atoms with E-state index in [2.05, 4.69) is 44.2 Å². The molecule has 0 saturated carbocycles. The van der Waals surface area contributed by atoms with E-state index < -0.39 is 5.91 Å². The fourth-order valence-corrected chi connectivity index (χ4v) is 2.99. The number of aromatic nitrogens is 4. The van der Waals surface area contributed by atoms with Gasteiger partial charge in [0, 0.05) is 31.1 Å². The summed E-state index contributed by atoms with van der Waals surface area (Å²) >= 11 is 0. The SMILES string of the molecule is CC(C)c1nnc2n1CC(NC(=O)CNC(=O)c1ncccc1O)CC2. The molecule has 9 heteroatoms. The third-order valence-electron chi connectivity index (χ3n) is 4.27. The predicted octanol–water partition coefficient (Wildman–Crippen LogP) is 0.363. The largest absolute Gasteiger partial charge is 0.505 e. The summed E-state index contributed by atoms with van der Waals surface area (Å²) in [5.74, 6) is 1.01. The summed E-state index contributed by atoms with van der Waals surface area (Å²) < 4.78 is 2.06. The Morgan fingerprint density at radius 1 is 1.38 bits per heavy atom. The van der Waals surface area contributed by atoms with Gasteiger partial charge in [-0.25, -0.2) is 4.98 Å². The smallest absolute Gasteiger partial charge is 0.274 e. The average Bonchev–Trinajstić information content (AvgIpc) is 3.03. The monoisotopic (exact) mass is 358 g/mol. The molecule has 0 aliphatic carbocycles. The molecule has 3 heterocycles. The summed E-state index contributed by atoms with van der Waals surface area (Å²) in [4.78, 5) is 27.9. The van der Waals surface area contributed by atoms with Crippen LogP contribution in [0.4, 0.5) is 0 Å². The second-order valence-electron chi connectivity index (χ2n) is 6.60. The summed E-state index contributed by atoms with van der Waals surface area (Å²) in [6, 6.07) is 2.85. The van der Waals surface area contributed by atoms with E-state index in [-0.39, 0.29) is 35.9 Å². The number of pyridine rings is 1. The van der Waals surface area contributed by atoms with E-state index in [4.69, 9.17) is 0 Å². The van der Waals surface area contributed by atoms with Gasteiger partial charge in [0.15, 0.2) is 5.69 Å². The van der Waals surface area contributed by atoms with Crippen molar-refractivity contribution in [2.75, 3.05) is 6.54 Å². The first kappa shape index (κ1) is 17.8. The molecule has 2 aromatic heterocycles. The van der Waals surface area contributed by atoms with E-state index in [1.807, 2.05) is 0 Å². The summed E-state index contributed by atoms with van der Waals surface area (Å²) in [6.45, 7) is 4.55. The number of fused-ring (bicyclic) bond motifs is 1. The normalized spacial score (nSPS) is 16.2. The standard InChI is InChI=1S/C17H22N6O3/c1-10(2)16-22-21-13-6-5-11(9-23(13)16)20-14(25)8-19-17(26)15-12(24)4-3-7-18-15/h3-4,7,10-11,24H,5-6,8-9H2,1-2H3,(H,19,26)(H,20,25). The molecule has 1 aliphatic rings. The van der Waals surface area contributed by atoms with Crippen LogP contribution in [-0.4, -0.2) is 49.3 Å². The molecule has 26 heavy (non-hydrogen) atoms. The van der Waals surface area contributed by atoms with Gasteiger partial charge in [0.2, 0.25) is 5.91 Å². The van der Waals surface area contributed by atoms with Crippen LogP contribution in [0.1, 0.15) is 48.3 Å². The molecule has 1 atom stereocenters. The van der Waals surface area contributed by atoms with E-state index in [0.717, 1.165) is 24.5 Å². The number of carbonyl (C=O) groups is 2. The third-order valence-corrected chi connectivity index (χ3v) is 4.27. The lowest BCUT2D eigenvalue weighted by Gasteiger charge is -2.26. The molecular formula is C17H22N6O3. The molecule has 3 N–H and O–H groups in total. The molecule has 0 aromatic carbocycles. The lowest BCUT2D eigenvalue weighted by molar-refractivity contribution is -0.121. The van der Waals surface area contributed by atoms with Crippen LogP contribution in [0.5, 0.6) is 5.75 Å². The molecule has 0 spiro atoms. The molecule has 0 radical (unpaired) electrons. The molecule has 0 bridgehead atoms. The number of hydrogen-bond acceptors (Lipinski definition) is 6. The van der Waals surface area contributed by atoms with Gasteiger partial charge in [-0.2, -0.15) is 0 Å².